The summed E-state index contributed by atoms with van der Waals surface area (Å²) < 4.78 is 3.67. The highest BCUT2D eigenvalue weighted by Crippen LogP contribution is 2.16. The second-order valence-electron chi connectivity index (χ2n) is 9.04. The molecule has 2 aromatic carbocycles. The number of nitrogens with zero attached hydrogens (tertiary/aromatic N) is 4. The van der Waals surface area contributed by atoms with Crippen LogP contribution in [0.1, 0.15) is 37.8 Å². The molecule has 0 spiro atoms. The Balaban J connectivity index is 1.72. The standard InChI is InChI=1S/C26H30N6O4/c1-5-18(4)27-22(33)12-13-30-24(35)19-8-6-7-9-21(19)32-25(30)29-31(26(32)36)15-23(34)28-20-14-16(2)10-11-17(20)3/h6-11,14,18H,5,12-13,15H2,1-4H3,(H,27,33)(H,28,34)/t18-/m0/s1. The van der Waals surface area contributed by atoms with Gasteiger partial charge in [-0.2, -0.15) is 0 Å². The van der Waals surface area contributed by atoms with Gasteiger partial charge in [0.05, 0.1) is 10.9 Å². The lowest BCUT2D eigenvalue weighted by molar-refractivity contribution is -0.122. The minimum atomic E-state index is -0.546. The lowest BCUT2D eigenvalue weighted by atomic mass is 10.1. The molecule has 0 radical (unpaired) electrons. The predicted octanol–water partition coefficient (Wildman–Crippen LogP) is 2.37. The molecule has 2 amide bonds. The zero-order valence-electron chi connectivity index (χ0n) is 20.9. The molecule has 0 aliphatic heterocycles. The highest BCUT2D eigenvalue weighted by Gasteiger charge is 2.19. The topological polar surface area (TPSA) is 120 Å². The summed E-state index contributed by atoms with van der Waals surface area (Å²) >= 11 is 0. The number of anilines is 1. The van der Waals surface area contributed by atoms with Gasteiger partial charge in [0, 0.05) is 24.7 Å². The first-order valence-electron chi connectivity index (χ1n) is 12.0. The van der Waals surface area contributed by atoms with Crippen LogP contribution in [0.25, 0.3) is 16.7 Å². The van der Waals surface area contributed by atoms with E-state index in [0.717, 1.165) is 22.2 Å². The number of carbonyl (C=O) groups is 2. The van der Waals surface area contributed by atoms with Gasteiger partial charge in [-0.05, 0) is 56.5 Å². The Kier molecular flexibility index (Phi) is 7.05. The van der Waals surface area contributed by atoms with Gasteiger partial charge < -0.3 is 10.6 Å². The van der Waals surface area contributed by atoms with Crippen molar-refractivity contribution in [3.05, 3.63) is 74.4 Å². The van der Waals surface area contributed by atoms with Crippen LogP contribution in [0.4, 0.5) is 5.69 Å². The Labute approximate surface area is 207 Å². The van der Waals surface area contributed by atoms with E-state index in [1.807, 2.05) is 45.9 Å². The number of aromatic nitrogens is 4. The monoisotopic (exact) mass is 490 g/mol. The number of fused-ring (bicyclic) bond motifs is 3. The van der Waals surface area contributed by atoms with E-state index in [4.69, 9.17) is 0 Å². The minimum Gasteiger partial charge on any atom is -0.354 e. The van der Waals surface area contributed by atoms with Crippen molar-refractivity contribution in [1.29, 1.82) is 0 Å². The zero-order valence-corrected chi connectivity index (χ0v) is 20.9. The number of aryl methyl sites for hydroxylation is 3. The molecule has 10 nitrogen and oxygen atoms in total. The van der Waals surface area contributed by atoms with Gasteiger partial charge in [-0.1, -0.05) is 31.2 Å². The van der Waals surface area contributed by atoms with Gasteiger partial charge in [-0.25, -0.2) is 13.9 Å². The Morgan fingerprint density at radius 1 is 1.06 bits per heavy atom. The van der Waals surface area contributed by atoms with Crippen LogP contribution in [0, 0.1) is 13.8 Å². The molecular weight excluding hydrogens is 460 g/mol. The zero-order chi connectivity index (χ0) is 26.0. The number of nitrogens with one attached hydrogen (secondary N) is 2. The first-order chi connectivity index (χ1) is 17.2. The maximum absolute atomic E-state index is 13.3. The van der Waals surface area contributed by atoms with Gasteiger partial charge in [0.2, 0.25) is 17.6 Å². The smallest absolute Gasteiger partial charge is 0.352 e. The molecule has 0 fully saturated rings. The van der Waals surface area contributed by atoms with Gasteiger partial charge in [0.25, 0.3) is 5.56 Å². The normalized spacial score (nSPS) is 12.1. The van der Waals surface area contributed by atoms with E-state index in [1.54, 1.807) is 24.3 Å². The highest BCUT2D eigenvalue weighted by atomic mass is 16.2. The Hall–Kier alpha value is -4.21. The van der Waals surface area contributed by atoms with Crippen LogP contribution < -0.4 is 21.9 Å². The second kappa shape index (κ2) is 10.2. The van der Waals surface area contributed by atoms with E-state index in [0.29, 0.717) is 16.6 Å². The third-order valence-corrected chi connectivity index (χ3v) is 6.23. The molecule has 4 rings (SSSR count). The van der Waals surface area contributed by atoms with Crippen molar-refractivity contribution in [1.82, 2.24) is 24.1 Å². The van der Waals surface area contributed by atoms with E-state index in [-0.39, 0.29) is 42.8 Å². The van der Waals surface area contributed by atoms with Crippen LogP contribution in [0.15, 0.2) is 52.1 Å². The molecule has 36 heavy (non-hydrogen) atoms. The van der Waals surface area contributed by atoms with E-state index in [1.165, 1.54) is 8.97 Å². The Morgan fingerprint density at radius 3 is 2.56 bits per heavy atom. The van der Waals surface area contributed by atoms with Gasteiger partial charge in [0.1, 0.15) is 6.54 Å². The fourth-order valence-electron chi connectivity index (χ4n) is 4.03. The molecule has 0 aliphatic rings. The summed E-state index contributed by atoms with van der Waals surface area (Å²) in [5.41, 5.74) is 2.04. The average Bonchev–Trinajstić information content (AvgIpc) is 3.16. The third kappa shape index (κ3) is 4.93. The lowest BCUT2D eigenvalue weighted by Gasteiger charge is -2.12. The van der Waals surface area contributed by atoms with Crippen molar-refractivity contribution < 1.29 is 9.59 Å². The minimum absolute atomic E-state index is 0.0169. The largest absolute Gasteiger partial charge is 0.354 e. The van der Waals surface area contributed by atoms with Crippen LogP contribution in [-0.4, -0.2) is 36.6 Å². The Bertz CT molecular complexity index is 1580. The number of benzene rings is 2. The molecule has 0 saturated carbocycles. The average molecular weight is 491 g/mol. The molecule has 0 bridgehead atoms. The molecule has 2 aromatic heterocycles. The number of amides is 2. The number of para-hydroxylation sites is 1. The summed E-state index contributed by atoms with van der Waals surface area (Å²) in [6.07, 6.45) is 0.836. The molecule has 0 aliphatic carbocycles. The van der Waals surface area contributed by atoms with E-state index in [2.05, 4.69) is 15.7 Å². The van der Waals surface area contributed by atoms with Crippen molar-refractivity contribution in [2.24, 2.45) is 0 Å². The van der Waals surface area contributed by atoms with E-state index in [9.17, 15) is 19.2 Å². The van der Waals surface area contributed by atoms with E-state index < -0.39 is 11.6 Å². The summed E-state index contributed by atoms with van der Waals surface area (Å²) in [5.74, 6) is -0.530. The summed E-state index contributed by atoms with van der Waals surface area (Å²) in [4.78, 5) is 51.8. The van der Waals surface area contributed by atoms with Crippen molar-refractivity contribution in [2.75, 3.05) is 5.32 Å². The number of hydrogen-bond donors (Lipinski definition) is 2. The van der Waals surface area contributed by atoms with Crippen molar-refractivity contribution >= 4 is 34.2 Å². The third-order valence-electron chi connectivity index (χ3n) is 6.23. The molecule has 188 valence electrons. The molecule has 4 aromatic rings. The van der Waals surface area contributed by atoms with Crippen molar-refractivity contribution in [2.45, 2.75) is 59.7 Å². The van der Waals surface area contributed by atoms with Gasteiger partial charge in [0.15, 0.2) is 0 Å². The van der Waals surface area contributed by atoms with Gasteiger partial charge in [-0.3, -0.25) is 19.0 Å². The van der Waals surface area contributed by atoms with Crippen LogP contribution in [0.2, 0.25) is 0 Å². The van der Waals surface area contributed by atoms with Gasteiger partial charge >= 0.3 is 5.69 Å². The summed E-state index contributed by atoms with van der Waals surface area (Å²) in [6.45, 7) is 7.40. The van der Waals surface area contributed by atoms with Crippen molar-refractivity contribution in [3.8, 4) is 0 Å². The second-order valence-corrected chi connectivity index (χ2v) is 9.04. The van der Waals surface area contributed by atoms with Crippen LogP contribution >= 0.6 is 0 Å². The molecule has 1 atom stereocenters. The van der Waals surface area contributed by atoms with Gasteiger partial charge in [-0.15, -0.1) is 5.10 Å². The van der Waals surface area contributed by atoms with E-state index >= 15 is 0 Å². The fourth-order valence-corrected chi connectivity index (χ4v) is 4.03. The molecule has 0 unspecified atom stereocenters. The van der Waals surface area contributed by atoms with Crippen LogP contribution in [0.3, 0.4) is 0 Å². The summed E-state index contributed by atoms with van der Waals surface area (Å²) in [6, 6.07) is 12.5. The fraction of sp³-hybridized carbons (Fsp3) is 0.346. The molecule has 0 saturated heterocycles. The first-order valence-corrected chi connectivity index (χ1v) is 12.0. The quantitative estimate of drug-likeness (QED) is 0.393. The summed E-state index contributed by atoms with van der Waals surface area (Å²) in [5, 5.41) is 10.4. The van der Waals surface area contributed by atoms with Crippen LogP contribution in [-0.2, 0) is 22.7 Å². The maximum atomic E-state index is 13.3. The molecular formula is C26H30N6O4. The summed E-state index contributed by atoms with van der Waals surface area (Å²) in [7, 11) is 0. The predicted molar refractivity (Wildman–Crippen MR) is 138 cm³/mol. The number of rotatable bonds is 8. The first kappa shape index (κ1) is 24.9. The molecule has 2 heterocycles. The molecule has 10 heteroatoms. The van der Waals surface area contributed by atoms with Crippen LogP contribution in [0.5, 0.6) is 0 Å². The lowest BCUT2D eigenvalue weighted by Crippen LogP contribution is -2.34. The number of carbonyl (C=O) groups excluding carboxylic acids is 2. The number of hydrogen-bond acceptors (Lipinski definition) is 5. The highest BCUT2D eigenvalue weighted by molar-refractivity contribution is 5.91. The molecule has 2 N–H and O–H groups in total. The SMILES string of the molecule is CC[C@H](C)NC(=O)CCn1c(=O)c2ccccc2n2c(=O)n(CC(=O)Nc3cc(C)ccc3C)nc12. The Morgan fingerprint density at radius 2 is 1.81 bits per heavy atom. The van der Waals surface area contributed by atoms with Crippen molar-refractivity contribution in [3.63, 3.8) is 0 Å². The maximum Gasteiger partial charge on any atom is 0.352 e.